The minimum absolute atomic E-state index is 0.441. The zero-order valence-electron chi connectivity index (χ0n) is 13.5. The first-order valence-corrected chi connectivity index (χ1v) is 9.29. The van der Waals surface area contributed by atoms with Crippen LogP contribution in [0.1, 0.15) is 23.7 Å². The molecule has 0 aliphatic rings. The zero-order valence-corrected chi connectivity index (χ0v) is 15.0. The van der Waals surface area contributed by atoms with Crippen LogP contribution in [-0.4, -0.2) is 14.1 Å². The van der Waals surface area contributed by atoms with Gasteiger partial charge in [-0.05, 0) is 44.5 Å². The molecule has 1 atom stereocenters. The fraction of sp³-hybridized carbons (Fsp3) is 0.278. The minimum Gasteiger partial charge on any atom is -0.610 e. The van der Waals surface area contributed by atoms with Crippen molar-refractivity contribution in [2.24, 2.45) is 0 Å². The lowest BCUT2D eigenvalue weighted by molar-refractivity contribution is 0.590. The molecule has 0 aliphatic heterocycles. The van der Waals surface area contributed by atoms with Gasteiger partial charge in [0, 0.05) is 45.6 Å². The molecule has 0 spiro atoms. The fourth-order valence-corrected chi connectivity index (χ4v) is 4.30. The van der Waals surface area contributed by atoms with Crippen LogP contribution in [0.25, 0.3) is 10.9 Å². The summed E-state index contributed by atoms with van der Waals surface area (Å²) in [4.78, 5) is 4.44. The Morgan fingerprint density at radius 3 is 2.52 bits per heavy atom. The van der Waals surface area contributed by atoms with Crippen LogP contribution < -0.4 is 0 Å². The van der Waals surface area contributed by atoms with Crippen molar-refractivity contribution in [2.45, 2.75) is 38.1 Å². The third-order valence-corrected chi connectivity index (χ3v) is 5.83. The summed E-state index contributed by atoms with van der Waals surface area (Å²) in [6.07, 6.45) is 1.75. The van der Waals surface area contributed by atoms with E-state index in [-0.39, 0.29) is 0 Å². The quantitative estimate of drug-likeness (QED) is 0.646. The van der Waals surface area contributed by atoms with Gasteiger partial charge in [-0.3, -0.25) is 0 Å². The molecule has 0 saturated carbocycles. The lowest BCUT2D eigenvalue weighted by Gasteiger charge is -2.12. The van der Waals surface area contributed by atoms with E-state index in [0.29, 0.717) is 15.8 Å². The molecule has 23 heavy (non-hydrogen) atoms. The number of fused-ring (bicyclic) bond motifs is 1. The second kappa shape index (κ2) is 6.56. The van der Waals surface area contributed by atoms with E-state index in [4.69, 9.17) is 11.6 Å². The van der Waals surface area contributed by atoms with Gasteiger partial charge in [-0.1, -0.05) is 23.7 Å². The van der Waals surface area contributed by atoms with Crippen molar-refractivity contribution < 1.29 is 4.55 Å². The topological polar surface area (TPSA) is 40.9 Å². The highest BCUT2D eigenvalue weighted by Gasteiger charge is 2.23. The van der Waals surface area contributed by atoms with E-state index >= 15 is 0 Å². The van der Waals surface area contributed by atoms with E-state index in [0.717, 1.165) is 23.0 Å². The van der Waals surface area contributed by atoms with Gasteiger partial charge in [0.1, 0.15) is 11.3 Å². The number of rotatable bonds is 4. The molecule has 1 aromatic carbocycles. The number of aromatic nitrogens is 2. The van der Waals surface area contributed by atoms with Gasteiger partial charge >= 0.3 is 0 Å². The SMILES string of the molecule is CCn1c(C)c(C)c2ccnc([S+]([O-])Cc3ccc(Cl)cc3)c21. The highest BCUT2D eigenvalue weighted by molar-refractivity contribution is 7.90. The number of aryl methyl sites for hydroxylation is 2. The molecule has 0 fully saturated rings. The van der Waals surface area contributed by atoms with Crippen LogP contribution in [0.5, 0.6) is 0 Å². The predicted octanol–water partition coefficient (Wildman–Crippen LogP) is 4.63. The van der Waals surface area contributed by atoms with Crippen molar-refractivity contribution in [3.05, 3.63) is 58.4 Å². The summed E-state index contributed by atoms with van der Waals surface area (Å²) >= 11 is 4.71. The summed E-state index contributed by atoms with van der Waals surface area (Å²) in [6.45, 7) is 7.15. The van der Waals surface area contributed by atoms with Gasteiger partial charge in [0.05, 0.1) is 0 Å². The molecule has 120 valence electrons. The average molecular weight is 347 g/mol. The van der Waals surface area contributed by atoms with Crippen LogP contribution in [0, 0.1) is 13.8 Å². The Balaban J connectivity index is 2.05. The summed E-state index contributed by atoms with van der Waals surface area (Å²) in [5, 5.41) is 2.49. The minimum atomic E-state index is -1.20. The van der Waals surface area contributed by atoms with E-state index in [1.807, 2.05) is 30.3 Å². The molecule has 2 aromatic heterocycles. The number of hydrogen-bond acceptors (Lipinski definition) is 2. The van der Waals surface area contributed by atoms with Gasteiger partial charge in [0.25, 0.3) is 5.03 Å². The van der Waals surface area contributed by atoms with Crippen LogP contribution in [0.4, 0.5) is 0 Å². The molecule has 3 aromatic rings. The molecule has 2 heterocycles. The maximum atomic E-state index is 12.9. The van der Waals surface area contributed by atoms with E-state index in [9.17, 15) is 4.55 Å². The Bertz CT molecular complexity index is 842. The Hall–Kier alpha value is -1.49. The summed E-state index contributed by atoms with van der Waals surface area (Å²) in [5.41, 5.74) is 4.43. The maximum absolute atomic E-state index is 12.9. The smallest absolute Gasteiger partial charge is 0.269 e. The fourth-order valence-electron chi connectivity index (χ4n) is 2.93. The number of nitrogens with zero attached hydrogens (tertiary/aromatic N) is 2. The van der Waals surface area contributed by atoms with Crippen molar-refractivity contribution in [2.75, 3.05) is 0 Å². The van der Waals surface area contributed by atoms with Crippen molar-refractivity contribution in [3.8, 4) is 0 Å². The Morgan fingerprint density at radius 1 is 1.17 bits per heavy atom. The van der Waals surface area contributed by atoms with Gasteiger partial charge in [-0.2, -0.15) is 0 Å². The van der Waals surface area contributed by atoms with E-state index in [2.05, 4.69) is 30.3 Å². The Kier molecular flexibility index (Phi) is 4.67. The molecule has 3 rings (SSSR count). The highest BCUT2D eigenvalue weighted by atomic mass is 35.5. The van der Waals surface area contributed by atoms with Crippen LogP contribution in [0.15, 0.2) is 41.6 Å². The maximum Gasteiger partial charge on any atom is 0.269 e. The third-order valence-electron chi connectivity index (χ3n) is 4.26. The molecule has 5 heteroatoms. The molecule has 0 saturated heterocycles. The molecular weight excluding hydrogens is 328 g/mol. The van der Waals surface area contributed by atoms with Gasteiger partial charge in [0.15, 0.2) is 0 Å². The van der Waals surface area contributed by atoms with Crippen LogP contribution >= 0.6 is 11.6 Å². The summed E-state index contributed by atoms with van der Waals surface area (Å²) in [5.74, 6) is 0.441. The summed E-state index contributed by atoms with van der Waals surface area (Å²) in [6, 6.07) is 9.48. The lowest BCUT2D eigenvalue weighted by atomic mass is 10.2. The van der Waals surface area contributed by atoms with Crippen LogP contribution in [0.3, 0.4) is 0 Å². The molecule has 0 amide bonds. The molecule has 0 aliphatic carbocycles. The molecule has 3 nitrogen and oxygen atoms in total. The van der Waals surface area contributed by atoms with E-state index in [1.54, 1.807) is 6.20 Å². The van der Waals surface area contributed by atoms with Gasteiger partial charge in [-0.15, -0.1) is 0 Å². The summed E-state index contributed by atoms with van der Waals surface area (Å²) in [7, 11) is 0. The Morgan fingerprint density at radius 2 is 1.87 bits per heavy atom. The number of halogens is 1. The Labute approximate surface area is 144 Å². The first kappa shape index (κ1) is 16.4. The van der Waals surface area contributed by atoms with Crippen molar-refractivity contribution in [1.82, 2.24) is 9.55 Å². The van der Waals surface area contributed by atoms with Crippen LogP contribution in [-0.2, 0) is 23.5 Å². The molecule has 0 bridgehead atoms. The molecule has 0 radical (unpaired) electrons. The average Bonchev–Trinajstić information content (AvgIpc) is 2.80. The van der Waals surface area contributed by atoms with E-state index in [1.165, 1.54) is 11.3 Å². The molecule has 1 unspecified atom stereocenters. The van der Waals surface area contributed by atoms with Gasteiger partial charge in [-0.25, -0.2) is 4.98 Å². The predicted molar refractivity (Wildman–Crippen MR) is 96.4 cm³/mol. The lowest BCUT2D eigenvalue weighted by Crippen LogP contribution is -2.10. The first-order chi connectivity index (χ1) is 11.0. The van der Waals surface area contributed by atoms with Crippen molar-refractivity contribution in [3.63, 3.8) is 0 Å². The second-order valence-electron chi connectivity index (χ2n) is 5.58. The zero-order chi connectivity index (χ0) is 16.6. The largest absolute Gasteiger partial charge is 0.610 e. The highest BCUT2D eigenvalue weighted by Crippen LogP contribution is 2.30. The molecule has 0 N–H and O–H groups in total. The number of benzene rings is 1. The van der Waals surface area contributed by atoms with Gasteiger partial charge in [0.2, 0.25) is 0 Å². The standard InChI is InChI=1S/C18H19ClN2OS/c1-4-21-13(3)12(2)16-9-10-20-18(17(16)21)23(22)11-14-5-7-15(19)8-6-14/h5-10H,4,11H2,1-3H3. The third kappa shape index (κ3) is 2.99. The van der Waals surface area contributed by atoms with Crippen molar-refractivity contribution >= 4 is 33.7 Å². The molecular formula is C18H19ClN2OS. The number of hydrogen-bond donors (Lipinski definition) is 0. The first-order valence-electron chi connectivity index (χ1n) is 7.60. The van der Waals surface area contributed by atoms with E-state index < -0.39 is 11.2 Å². The monoisotopic (exact) mass is 346 g/mol. The summed E-state index contributed by atoms with van der Waals surface area (Å²) < 4.78 is 15.1. The normalized spacial score (nSPS) is 12.7. The second-order valence-corrected chi connectivity index (χ2v) is 7.39. The van der Waals surface area contributed by atoms with Gasteiger partial charge < -0.3 is 9.12 Å². The van der Waals surface area contributed by atoms with Crippen molar-refractivity contribution in [1.29, 1.82) is 0 Å². The van der Waals surface area contributed by atoms with Crippen LogP contribution in [0.2, 0.25) is 5.02 Å². The number of pyridine rings is 1.